The molecule has 0 saturated carbocycles. The van der Waals surface area contributed by atoms with Crippen LogP contribution in [0.2, 0.25) is 0 Å². The van der Waals surface area contributed by atoms with Crippen LogP contribution in [-0.4, -0.2) is 25.7 Å². The van der Waals surface area contributed by atoms with Gasteiger partial charge in [-0.15, -0.1) is 0 Å². The van der Waals surface area contributed by atoms with Gasteiger partial charge in [0.25, 0.3) is 11.6 Å². The first-order valence-corrected chi connectivity index (χ1v) is 5.72. The zero-order valence-corrected chi connectivity index (χ0v) is 10.6. The topological polar surface area (TPSA) is 124 Å². The van der Waals surface area contributed by atoms with Gasteiger partial charge in [0.1, 0.15) is 11.4 Å². The van der Waals surface area contributed by atoms with Crippen molar-refractivity contribution in [1.29, 1.82) is 0 Å². The molecule has 8 nitrogen and oxygen atoms in total. The van der Waals surface area contributed by atoms with Crippen molar-refractivity contribution in [3.8, 4) is 5.69 Å². The fraction of sp³-hybridized carbons (Fsp3) is 0.167. The number of nitro groups is 1. The predicted octanol–water partition coefficient (Wildman–Crippen LogP) is 0.933. The van der Waals surface area contributed by atoms with Crippen molar-refractivity contribution in [3.05, 3.63) is 51.8 Å². The van der Waals surface area contributed by atoms with E-state index in [1.165, 1.54) is 36.0 Å². The Morgan fingerprint density at radius 2 is 2.20 bits per heavy atom. The van der Waals surface area contributed by atoms with E-state index in [0.717, 1.165) is 0 Å². The van der Waals surface area contributed by atoms with E-state index in [4.69, 9.17) is 5.73 Å². The Hall–Kier alpha value is -2.74. The molecule has 0 saturated heterocycles. The lowest BCUT2D eigenvalue weighted by Crippen LogP contribution is -2.12. The smallest absolute Gasteiger partial charge is 0.295 e. The molecule has 0 unspecified atom stereocenters. The Bertz CT molecular complexity index is 678. The quantitative estimate of drug-likeness (QED) is 0.635. The maximum Gasteiger partial charge on any atom is 0.295 e. The second-order valence-electron chi connectivity index (χ2n) is 4.19. The Morgan fingerprint density at radius 3 is 2.70 bits per heavy atom. The first-order valence-electron chi connectivity index (χ1n) is 5.72. The van der Waals surface area contributed by atoms with Gasteiger partial charge in [-0.3, -0.25) is 14.9 Å². The van der Waals surface area contributed by atoms with Crippen LogP contribution in [0, 0.1) is 10.1 Å². The largest absolute Gasteiger partial charge is 0.389 e. The molecule has 104 valence electrons. The van der Waals surface area contributed by atoms with Gasteiger partial charge >= 0.3 is 0 Å². The highest BCUT2D eigenvalue weighted by atomic mass is 16.6. The van der Waals surface area contributed by atoms with E-state index in [0.29, 0.717) is 5.56 Å². The second-order valence-corrected chi connectivity index (χ2v) is 4.19. The molecule has 0 radical (unpaired) electrons. The van der Waals surface area contributed by atoms with E-state index in [9.17, 15) is 20.0 Å². The van der Waals surface area contributed by atoms with Gasteiger partial charge in [-0.05, 0) is 24.6 Å². The molecule has 1 aromatic heterocycles. The summed E-state index contributed by atoms with van der Waals surface area (Å²) >= 11 is 0. The minimum atomic E-state index is -0.818. The number of nitrogens with two attached hydrogens (primary N) is 1. The number of aliphatic hydroxyl groups excluding tert-OH is 1. The standard InChI is InChI=1S/C12H12N4O4/c1-7(17)8-2-3-10(11(6-8)16(19)20)15-5-4-9(14-15)12(13)18/h2-7,17H,1H3,(H2,13,18)/t7-/m1/s1. The maximum atomic E-state index is 11.1. The van der Waals surface area contributed by atoms with E-state index < -0.39 is 16.9 Å². The van der Waals surface area contributed by atoms with E-state index in [1.807, 2.05) is 0 Å². The first kappa shape index (κ1) is 13.7. The molecule has 0 aliphatic carbocycles. The molecular formula is C12H12N4O4. The van der Waals surface area contributed by atoms with Crippen LogP contribution in [0.15, 0.2) is 30.5 Å². The summed E-state index contributed by atoms with van der Waals surface area (Å²) in [4.78, 5) is 21.5. The summed E-state index contributed by atoms with van der Waals surface area (Å²) in [7, 11) is 0. The van der Waals surface area contributed by atoms with Crippen molar-refractivity contribution in [2.24, 2.45) is 5.73 Å². The Kier molecular flexibility index (Phi) is 3.49. The van der Waals surface area contributed by atoms with Gasteiger partial charge in [-0.25, -0.2) is 4.68 Å². The number of benzene rings is 1. The van der Waals surface area contributed by atoms with Gasteiger partial charge in [-0.2, -0.15) is 5.10 Å². The van der Waals surface area contributed by atoms with Crippen molar-refractivity contribution < 1.29 is 14.8 Å². The molecule has 0 aliphatic rings. The van der Waals surface area contributed by atoms with Crippen molar-refractivity contribution in [1.82, 2.24) is 9.78 Å². The maximum absolute atomic E-state index is 11.1. The average molecular weight is 276 g/mol. The average Bonchev–Trinajstić information content (AvgIpc) is 2.87. The van der Waals surface area contributed by atoms with E-state index in [1.54, 1.807) is 6.07 Å². The van der Waals surface area contributed by atoms with Crippen LogP contribution in [0.25, 0.3) is 5.69 Å². The molecule has 1 heterocycles. The minimum absolute atomic E-state index is 0.0129. The normalized spacial score (nSPS) is 12.1. The molecule has 2 aromatic rings. The van der Waals surface area contributed by atoms with Crippen LogP contribution in [0.5, 0.6) is 0 Å². The minimum Gasteiger partial charge on any atom is -0.389 e. The van der Waals surface area contributed by atoms with Crippen molar-refractivity contribution >= 4 is 11.6 Å². The van der Waals surface area contributed by atoms with Crippen molar-refractivity contribution in [3.63, 3.8) is 0 Å². The summed E-state index contributed by atoms with van der Waals surface area (Å²) in [5.74, 6) is -0.716. The third kappa shape index (κ3) is 2.50. The van der Waals surface area contributed by atoms with Crippen LogP contribution in [-0.2, 0) is 0 Å². The molecule has 0 bridgehead atoms. The van der Waals surface area contributed by atoms with Gasteiger partial charge in [-0.1, -0.05) is 6.07 Å². The number of nitro benzene ring substituents is 1. The summed E-state index contributed by atoms with van der Waals surface area (Å²) in [6.07, 6.45) is 0.589. The predicted molar refractivity (Wildman–Crippen MR) is 69.4 cm³/mol. The summed E-state index contributed by atoms with van der Waals surface area (Å²) in [5.41, 5.74) is 5.48. The zero-order chi connectivity index (χ0) is 14.9. The zero-order valence-electron chi connectivity index (χ0n) is 10.6. The highest BCUT2D eigenvalue weighted by Gasteiger charge is 2.19. The SMILES string of the molecule is C[C@@H](O)c1ccc(-n2ccc(C(N)=O)n2)c([N+](=O)[O-])c1. The number of primary amides is 1. The van der Waals surface area contributed by atoms with E-state index in [-0.39, 0.29) is 17.1 Å². The monoisotopic (exact) mass is 276 g/mol. The molecular weight excluding hydrogens is 264 g/mol. The summed E-state index contributed by atoms with van der Waals surface area (Å²) < 4.78 is 1.20. The number of carbonyl (C=O) groups excluding carboxylic acids is 1. The van der Waals surface area contributed by atoms with Crippen LogP contribution >= 0.6 is 0 Å². The van der Waals surface area contributed by atoms with Crippen LogP contribution in [0.3, 0.4) is 0 Å². The number of nitrogens with zero attached hydrogens (tertiary/aromatic N) is 3. The Morgan fingerprint density at radius 1 is 1.50 bits per heavy atom. The lowest BCUT2D eigenvalue weighted by atomic mass is 10.1. The molecule has 0 spiro atoms. The first-order chi connectivity index (χ1) is 9.40. The van der Waals surface area contributed by atoms with Gasteiger partial charge in [0.15, 0.2) is 0 Å². The van der Waals surface area contributed by atoms with Crippen molar-refractivity contribution in [2.75, 3.05) is 0 Å². The third-order valence-corrected chi connectivity index (χ3v) is 2.77. The molecule has 0 aliphatic heterocycles. The molecule has 1 atom stereocenters. The number of aliphatic hydroxyl groups is 1. The lowest BCUT2D eigenvalue weighted by molar-refractivity contribution is -0.384. The van der Waals surface area contributed by atoms with E-state index in [2.05, 4.69) is 5.10 Å². The number of carbonyl (C=O) groups is 1. The number of rotatable bonds is 4. The Labute approximate surface area is 113 Å². The lowest BCUT2D eigenvalue weighted by Gasteiger charge is -2.07. The Balaban J connectivity index is 2.54. The highest BCUT2D eigenvalue weighted by Crippen LogP contribution is 2.26. The molecule has 3 N–H and O–H groups in total. The van der Waals surface area contributed by atoms with Gasteiger partial charge in [0, 0.05) is 12.3 Å². The molecule has 2 rings (SSSR count). The number of amides is 1. The molecule has 8 heteroatoms. The molecule has 0 fully saturated rings. The van der Waals surface area contributed by atoms with Gasteiger partial charge in [0.2, 0.25) is 0 Å². The summed E-state index contributed by atoms with van der Waals surface area (Å²) in [6.45, 7) is 1.51. The molecule has 1 amide bonds. The number of hydrogen-bond acceptors (Lipinski definition) is 5. The van der Waals surface area contributed by atoms with Gasteiger partial charge < -0.3 is 10.8 Å². The fourth-order valence-electron chi connectivity index (χ4n) is 1.73. The molecule has 1 aromatic carbocycles. The third-order valence-electron chi connectivity index (χ3n) is 2.77. The van der Waals surface area contributed by atoms with E-state index >= 15 is 0 Å². The summed E-state index contributed by atoms with van der Waals surface area (Å²) in [5, 5.41) is 24.4. The van der Waals surface area contributed by atoms with Gasteiger partial charge in [0.05, 0.1) is 11.0 Å². The van der Waals surface area contributed by atoms with Crippen LogP contribution in [0.1, 0.15) is 29.1 Å². The number of hydrogen-bond donors (Lipinski definition) is 2. The molecule has 20 heavy (non-hydrogen) atoms. The highest BCUT2D eigenvalue weighted by molar-refractivity contribution is 5.90. The van der Waals surface area contributed by atoms with Crippen LogP contribution < -0.4 is 5.73 Å². The van der Waals surface area contributed by atoms with Crippen molar-refractivity contribution in [2.45, 2.75) is 13.0 Å². The van der Waals surface area contributed by atoms with Crippen LogP contribution in [0.4, 0.5) is 5.69 Å². The second kappa shape index (κ2) is 5.10. The fourth-order valence-corrected chi connectivity index (χ4v) is 1.73. The number of aromatic nitrogens is 2. The summed E-state index contributed by atoms with van der Waals surface area (Å²) in [6, 6.07) is 5.65.